The van der Waals surface area contributed by atoms with Gasteiger partial charge in [-0.15, -0.1) is 0 Å². The first-order chi connectivity index (χ1) is 11.5. The van der Waals surface area contributed by atoms with Crippen LogP contribution in [0.5, 0.6) is 0 Å². The van der Waals surface area contributed by atoms with Gasteiger partial charge in [-0.2, -0.15) is 4.98 Å². The minimum Gasteiger partial charge on any atom is -0.445 e. The molecule has 0 aliphatic rings. The predicted molar refractivity (Wildman–Crippen MR) is 86.8 cm³/mol. The molecule has 0 aliphatic heterocycles. The molecule has 0 spiro atoms. The lowest BCUT2D eigenvalue weighted by atomic mass is 10.2. The fourth-order valence-electron chi connectivity index (χ4n) is 2.18. The predicted octanol–water partition coefficient (Wildman–Crippen LogP) is 2.97. The lowest BCUT2D eigenvalue weighted by molar-refractivity contribution is 0.0947. The summed E-state index contributed by atoms with van der Waals surface area (Å²) < 4.78 is 10.4. The highest BCUT2D eigenvalue weighted by Gasteiger charge is 2.15. The Balaban J connectivity index is 1.57. The molecule has 2 aromatic heterocycles. The molecule has 3 rings (SSSR count). The van der Waals surface area contributed by atoms with Gasteiger partial charge < -0.3 is 14.3 Å². The molecule has 1 aromatic carbocycles. The van der Waals surface area contributed by atoms with Gasteiger partial charge in [0.15, 0.2) is 11.6 Å². The van der Waals surface area contributed by atoms with Gasteiger partial charge in [0.2, 0.25) is 11.7 Å². The van der Waals surface area contributed by atoms with E-state index in [1.54, 1.807) is 26.0 Å². The van der Waals surface area contributed by atoms with Crippen molar-refractivity contribution in [1.82, 2.24) is 20.4 Å². The molecule has 0 aliphatic carbocycles. The lowest BCUT2D eigenvalue weighted by Crippen LogP contribution is -2.26. The van der Waals surface area contributed by atoms with Gasteiger partial charge in [0.1, 0.15) is 5.76 Å². The number of carbonyl (C=O) groups excluding carboxylic acids is 1. The minimum atomic E-state index is -0.290. The maximum absolute atomic E-state index is 12.0. The fourth-order valence-corrected chi connectivity index (χ4v) is 2.30. The zero-order valence-electron chi connectivity index (χ0n) is 13.2. The molecule has 0 radical (unpaired) electrons. The number of nitrogens with zero attached hydrogens (tertiary/aromatic N) is 3. The summed E-state index contributed by atoms with van der Waals surface area (Å²) in [4.78, 5) is 20.4. The van der Waals surface area contributed by atoms with Crippen molar-refractivity contribution < 1.29 is 13.7 Å². The van der Waals surface area contributed by atoms with E-state index in [0.717, 1.165) is 5.56 Å². The van der Waals surface area contributed by atoms with E-state index in [9.17, 15) is 4.79 Å². The molecule has 0 fully saturated rings. The summed E-state index contributed by atoms with van der Waals surface area (Å²) in [5.74, 6) is 1.58. The van der Waals surface area contributed by atoms with Crippen molar-refractivity contribution in [2.24, 2.45) is 0 Å². The number of rotatable bonds is 5. The van der Waals surface area contributed by atoms with Crippen LogP contribution in [0.2, 0.25) is 5.02 Å². The molecule has 0 saturated heterocycles. The molecule has 1 N–H and O–H groups in total. The molecule has 0 bridgehead atoms. The first-order valence-electron chi connectivity index (χ1n) is 7.33. The van der Waals surface area contributed by atoms with Crippen LogP contribution >= 0.6 is 11.6 Å². The van der Waals surface area contributed by atoms with E-state index in [-0.39, 0.29) is 5.91 Å². The summed E-state index contributed by atoms with van der Waals surface area (Å²) in [5.41, 5.74) is 1.10. The van der Waals surface area contributed by atoms with Gasteiger partial charge in [-0.3, -0.25) is 4.79 Å². The lowest BCUT2D eigenvalue weighted by Gasteiger charge is -2.00. The Kier molecular flexibility index (Phi) is 4.61. The second-order valence-electron chi connectivity index (χ2n) is 5.16. The number of halogens is 1. The van der Waals surface area contributed by atoms with Gasteiger partial charge in [0.25, 0.3) is 5.91 Å². The number of aromatic nitrogens is 3. The number of hydrogen-bond acceptors (Lipinski definition) is 6. The number of aryl methyl sites for hydroxylation is 2. The number of amides is 1. The van der Waals surface area contributed by atoms with Crippen LogP contribution in [-0.2, 0) is 6.42 Å². The van der Waals surface area contributed by atoms with Crippen LogP contribution in [0.25, 0.3) is 11.4 Å². The van der Waals surface area contributed by atoms with Crippen molar-refractivity contribution in [2.45, 2.75) is 20.3 Å². The Morgan fingerprint density at radius 3 is 2.62 bits per heavy atom. The Hall–Kier alpha value is -2.67. The molecule has 124 valence electrons. The van der Waals surface area contributed by atoms with Gasteiger partial charge in [-0.25, -0.2) is 4.98 Å². The molecule has 2 heterocycles. The second kappa shape index (κ2) is 6.84. The van der Waals surface area contributed by atoms with Crippen LogP contribution in [0, 0.1) is 13.8 Å². The van der Waals surface area contributed by atoms with Gasteiger partial charge in [-0.05, 0) is 31.2 Å². The monoisotopic (exact) mass is 346 g/mol. The Morgan fingerprint density at radius 2 is 1.96 bits per heavy atom. The van der Waals surface area contributed by atoms with Crippen LogP contribution in [0.1, 0.15) is 28.0 Å². The van der Waals surface area contributed by atoms with Gasteiger partial charge in [-0.1, -0.05) is 16.8 Å². The molecule has 1 amide bonds. The van der Waals surface area contributed by atoms with Crippen LogP contribution in [0.3, 0.4) is 0 Å². The van der Waals surface area contributed by atoms with Crippen molar-refractivity contribution in [1.29, 1.82) is 0 Å². The Bertz CT molecular complexity index is 855. The van der Waals surface area contributed by atoms with Crippen LogP contribution in [0.4, 0.5) is 0 Å². The second-order valence-corrected chi connectivity index (χ2v) is 5.60. The molecule has 0 atom stereocenters. The van der Waals surface area contributed by atoms with E-state index in [1.807, 2.05) is 12.1 Å². The summed E-state index contributed by atoms with van der Waals surface area (Å²) in [7, 11) is 0. The van der Waals surface area contributed by atoms with E-state index in [2.05, 4.69) is 20.4 Å². The maximum Gasteiger partial charge on any atom is 0.273 e. The zero-order chi connectivity index (χ0) is 17.1. The van der Waals surface area contributed by atoms with Crippen LogP contribution in [0.15, 0.2) is 33.2 Å². The molecule has 8 heteroatoms. The average Bonchev–Trinajstić information content (AvgIpc) is 3.14. The van der Waals surface area contributed by atoms with E-state index < -0.39 is 0 Å². The molecule has 7 nitrogen and oxygen atoms in total. The number of benzene rings is 1. The van der Waals surface area contributed by atoms with Gasteiger partial charge in [0.05, 0.1) is 0 Å². The molecule has 0 saturated carbocycles. The number of carbonyl (C=O) groups is 1. The van der Waals surface area contributed by atoms with Crippen LogP contribution < -0.4 is 5.32 Å². The van der Waals surface area contributed by atoms with E-state index in [1.165, 1.54) is 0 Å². The fraction of sp³-hybridized carbons (Fsp3) is 0.250. The summed E-state index contributed by atoms with van der Waals surface area (Å²) in [5, 5.41) is 7.31. The molecular formula is C16H15ClN4O3. The average molecular weight is 347 g/mol. The molecular weight excluding hydrogens is 332 g/mol. The number of nitrogens with one attached hydrogen (secondary N) is 1. The topological polar surface area (TPSA) is 94.1 Å². The Labute approximate surface area is 143 Å². The smallest absolute Gasteiger partial charge is 0.273 e. The summed E-state index contributed by atoms with van der Waals surface area (Å²) in [6, 6.07) is 7.15. The van der Waals surface area contributed by atoms with Crippen LogP contribution in [-0.4, -0.2) is 27.6 Å². The van der Waals surface area contributed by atoms with Crippen molar-refractivity contribution in [3.05, 3.63) is 52.5 Å². The summed E-state index contributed by atoms with van der Waals surface area (Å²) in [6.45, 7) is 3.75. The first kappa shape index (κ1) is 16.2. The van der Waals surface area contributed by atoms with E-state index in [0.29, 0.717) is 47.0 Å². The normalized spacial score (nSPS) is 10.8. The molecule has 0 unspecified atom stereocenters. The standard InChI is InChI=1S/C16H15ClN4O3/c1-9-14(19-10(2)23-9)16(22)18-8-7-13-20-15(21-24-13)11-3-5-12(17)6-4-11/h3-6H,7-8H2,1-2H3,(H,18,22). The van der Waals surface area contributed by atoms with E-state index in [4.69, 9.17) is 20.5 Å². The quantitative estimate of drug-likeness (QED) is 0.763. The SMILES string of the molecule is Cc1nc(C(=O)NCCc2nc(-c3ccc(Cl)cc3)no2)c(C)o1. The van der Waals surface area contributed by atoms with E-state index >= 15 is 0 Å². The molecule has 3 aromatic rings. The third-order valence-corrected chi connectivity index (χ3v) is 3.57. The van der Waals surface area contributed by atoms with Gasteiger partial charge >= 0.3 is 0 Å². The van der Waals surface area contributed by atoms with Gasteiger partial charge in [0, 0.05) is 30.5 Å². The third kappa shape index (κ3) is 3.62. The van der Waals surface area contributed by atoms with Crippen molar-refractivity contribution in [2.75, 3.05) is 6.54 Å². The zero-order valence-corrected chi connectivity index (χ0v) is 13.9. The highest BCUT2D eigenvalue weighted by atomic mass is 35.5. The largest absolute Gasteiger partial charge is 0.445 e. The molecule has 24 heavy (non-hydrogen) atoms. The highest BCUT2D eigenvalue weighted by Crippen LogP contribution is 2.18. The van der Waals surface area contributed by atoms with Crippen molar-refractivity contribution >= 4 is 17.5 Å². The first-order valence-corrected chi connectivity index (χ1v) is 7.71. The summed E-state index contributed by atoms with van der Waals surface area (Å²) >= 11 is 5.85. The third-order valence-electron chi connectivity index (χ3n) is 3.31. The number of hydrogen-bond donors (Lipinski definition) is 1. The number of oxazole rings is 1. The highest BCUT2D eigenvalue weighted by molar-refractivity contribution is 6.30. The minimum absolute atomic E-state index is 0.290. The van der Waals surface area contributed by atoms with Crippen molar-refractivity contribution in [3.63, 3.8) is 0 Å². The summed E-state index contributed by atoms with van der Waals surface area (Å²) in [6.07, 6.45) is 0.419. The van der Waals surface area contributed by atoms with Crippen molar-refractivity contribution in [3.8, 4) is 11.4 Å². The Morgan fingerprint density at radius 1 is 1.21 bits per heavy atom. The maximum atomic E-state index is 12.0.